The zero-order valence-electron chi connectivity index (χ0n) is 14.9. The van der Waals surface area contributed by atoms with Crippen LogP contribution < -0.4 is 10.6 Å². The highest BCUT2D eigenvalue weighted by Gasteiger charge is 2.22. The van der Waals surface area contributed by atoms with E-state index < -0.39 is 5.41 Å². The summed E-state index contributed by atoms with van der Waals surface area (Å²) in [5.74, 6) is -0.240. The molecular formula is C18H28FN2O2P. The maximum atomic E-state index is 13.9. The summed E-state index contributed by atoms with van der Waals surface area (Å²) >= 11 is 0. The Kier molecular flexibility index (Phi) is 7.82. The second-order valence-electron chi connectivity index (χ2n) is 6.32. The third kappa shape index (κ3) is 6.20. The summed E-state index contributed by atoms with van der Waals surface area (Å²) in [6.07, 6.45) is 1.66. The molecule has 0 spiro atoms. The Morgan fingerprint density at radius 2 is 1.96 bits per heavy atom. The van der Waals surface area contributed by atoms with E-state index in [1.807, 2.05) is 20.8 Å². The molecule has 1 aromatic rings. The first-order valence-electron chi connectivity index (χ1n) is 8.34. The third-order valence-electron chi connectivity index (χ3n) is 4.24. The lowest BCUT2D eigenvalue weighted by molar-refractivity contribution is -0.128. The van der Waals surface area contributed by atoms with Gasteiger partial charge in [0.05, 0.1) is 6.54 Å². The Hall–Kier alpha value is -1.48. The van der Waals surface area contributed by atoms with E-state index in [1.165, 1.54) is 6.92 Å². The Balaban J connectivity index is 2.60. The topological polar surface area (TPSA) is 58.2 Å². The van der Waals surface area contributed by atoms with Crippen LogP contribution in [0.15, 0.2) is 24.3 Å². The van der Waals surface area contributed by atoms with Crippen molar-refractivity contribution in [3.05, 3.63) is 29.8 Å². The number of anilines is 1. The summed E-state index contributed by atoms with van der Waals surface area (Å²) < 4.78 is 13.9. The summed E-state index contributed by atoms with van der Waals surface area (Å²) in [4.78, 5) is 24.2. The molecule has 6 heteroatoms. The van der Waals surface area contributed by atoms with Gasteiger partial charge in [0.25, 0.3) is 0 Å². The fourth-order valence-electron chi connectivity index (χ4n) is 2.54. The quantitative estimate of drug-likeness (QED) is 0.697. The van der Waals surface area contributed by atoms with Gasteiger partial charge in [-0.3, -0.25) is 9.59 Å². The first-order chi connectivity index (χ1) is 11.2. The molecule has 0 aromatic heterocycles. The summed E-state index contributed by atoms with van der Waals surface area (Å²) in [5, 5.41) is 3.81. The van der Waals surface area contributed by atoms with Crippen LogP contribution in [-0.4, -0.2) is 18.4 Å². The number of amides is 2. The second kappa shape index (κ2) is 9.12. The SMILES string of the molecule is CCC(C)[C@@H](CC)C(=O)NCC(=O)Nc1cccc(C(C)(F)P)c1. The first kappa shape index (κ1) is 20.6. The van der Waals surface area contributed by atoms with Crippen LogP contribution in [0.2, 0.25) is 0 Å². The molecular weight excluding hydrogens is 326 g/mol. The van der Waals surface area contributed by atoms with Crippen LogP contribution in [0.3, 0.4) is 0 Å². The zero-order chi connectivity index (χ0) is 18.3. The molecule has 0 bridgehead atoms. The van der Waals surface area contributed by atoms with Gasteiger partial charge in [0.1, 0.15) is 5.41 Å². The van der Waals surface area contributed by atoms with Gasteiger partial charge in [0.15, 0.2) is 0 Å². The van der Waals surface area contributed by atoms with Crippen molar-refractivity contribution in [3.8, 4) is 0 Å². The van der Waals surface area contributed by atoms with E-state index in [-0.39, 0.29) is 30.2 Å². The lowest BCUT2D eigenvalue weighted by Crippen LogP contribution is -2.38. The molecule has 0 aliphatic rings. The number of carbonyl (C=O) groups is 2. The number of alkyl halides is 1. The van der Waals surface area contributed by atoms with E-state index in [2.05, 4.69) is 19.9 Å². The largest absolute Gasteiger partial charge is 0.347 e. The molecule has 1 rings (SSSR count). The molecule has 0 fully saturated rings. The van der Waals surface area contributed by atoms with E-state index in [4.69, 9.17) is 0 Å². The molecule has 0 radical (unpaired) electrons. The van der Waals surface area contributed by atoms with Crippen molar-refractivity contribution in [2.45, 2.75) is 45.9 Å². The lowest BCUT2D eigenvalue weighted by Gasteiger charge is -2.20. The maximum absolute atomic E-state index is 13.9. The van der Waals surface area contributed by atoms with Crippen molar-refractivity contribution in [2.75, 3.05) is 11.9 Å². The van der Waals surface area contributed by atoms with Crippen LogP contribution in [0, 0.1) is 11.8 Å². The minimum absolute atomic E-state index is 0.0875. The van der Waals surface area contributed by atoms with Crippen LogP contribution in [0.4, 0.5) is 10.1 Å². The van der Waals surface area contributed by atoms with Crippen LogP contribution in [0.1, 0.15) is 46.1 Å². The Morgan fingerprint density at radius 3 is 2.50 bits per heavy atom. The van der Waals surface area contributed by atoms with Crippen molar-refractivity contribution in [1.82, 2.24) is 5.32 Å². The van der Waals surface area contributed by atoms with Crippen LogP contribution >= 0.6 is 9.24 Å². The molecule has 0 heterocycles. The van der Waals surface area contributed by atoms with Gasteiger partial charge in [-0.1, -0.05) is 48.6 Å². The molecule has 4 nitrogen and oxygen atoms in total. The Labute approximate surface area is 146 Å². The number of hydrogen-bond donors (Lipinski definition) is 2. The number of hydrogen-bond acceptors (Lipinski definition) is 2. The first-order valence-corrected chi connectivity index (χ1v) is 8.92. The average Bonchev–Trinajstić information content (AvgIpc) is 2.52. The standard InChI is InChI=1S/C18H28FN2O2P/c1-5-12(3)15(6-2)17(23)20-11-16(22)21-14-9-7-8-13(10-14)18(4,19)24/h7-10,12,15H,5-6,11,24H2,1-4H3,(H,20,23)(H,21,22)/t12?,15-,18?/m1/s1. The fraction of sp³-hybridized carbons (Fsp3) is 0.556. The molecule has 24 heavy (non-hydrogen) atoms. The lowest BCUT2D eigenvalue weighted by atomic mass is 9.89. The summed E-state index contributed by atoms with van der Waals surface area (Å²) in [6.45, 7) is 7.39. The van der Waals surface area contributed by atoms with Gasteiger partial charge in [-0.15, -0.1) is 0 Å². The molecule has 1 aromatic carbocycles. The van der Waals surface area contributed by atoms with Crippen LogP contribution in [0.5, 0.6) is 0 Å². The van der Waals surface area contributed by atoms with Crippen molar-refractivity contribution in [2.24, 2.45) is 11.8 Å². The Morgan fingerprint density at radius 1 is 1.29 bits per heavy atom. The van der Waals surface area contributed by atoms with E-state index in [0.29, 0.717) is 11.3 Å². The highest BCUT2D eigenvalue weighted by molar-refractivity contribution is 7.18. The number of carbonyl (C=O) groups excluding carboxylic acids is 2. The summed E-state index contributed by atoms with van der Waals surface area (Å²) in [6, 6.07) is 6.61. The minimum atomic E-state index is -1.56. The smallest absolute Gasteiger partial charge is 0.243 e. The molecule has 2 amide bonds. The molecule has 0 saturated carbocycles. The minimum Gasteiger partial charge on any atom is -0.347 e. The van der Waals surface area contributed by atoms with E-state index in [1.54, 1.807) is 24.3 Å². The normalized spacial score (nSPS) is 15.9. The molecule has 0 saturated heterocycles. The fourth-order valence-corrected chi connectivity index (χ4v) is 2.71. The van der Waals surface area contributed by atoms with Gasteiger partial charge < -0.3 is 10.6 Å². The number of benzene rings is 1. The van der Waals surface area contributed by atoms with Crippen molar-refractivity contribution in [1.29, 1.82) is 0 Å². The second-order valence-corrected chi connectivity index (χ2v) is 7.41. The maximum Gasteiger partial charge on any atom is 0.243 e. The van der Waals surface area contributed by atoms with Gasteiger partial charge in [-0.2, -0.15) is 0 Å². The van der Waals surface area contributed by atoms with E-state index >= 15 is 0 Å². The van der Waals surface area contributed by atoms with Crippen LogP contribution in [-0.2, 0) is 15.0 Å². The number of halogens is 1. The monoisotopic (exact) mass is 354 g/mol. The molecule has 2 N–H and O–H groups in total. The Bertz CT molecular complexity index is 572. The summed E-state index contributed by atoms with van der Waals surface area (Å²) in [7, 11) is 2.12. The van der Waals surface area contributed by atoms with Gasteiger partial charge in [-0.25, -0.2) is 4.39 Å². The van der Waals surface area contributed by atoms with Crippen molar-refractivity contribution in [3.63, 3.8) is 0 Å². The molecule has 4 atom stereocenters. The van der Waals surface area contributed by atoms with E-state index in [0.717, 1.165) is 12.8 Å². The number of rotatable bonds is 8. The van der Waals surface area contributed by atoms with Gasteiger partial charge in [0, 0.05) is 11.6 Å². The van der Waals surface area contributed by atoms with Gasteiger partial charge >= 0.3 is 0 Å². The van der Waals surface area contributed by atoms with Crippen molar-refractivity contribution < 1.29 is 14.0 Å². The highest BCUT2D eigenvalue weighted by atomic mass is 31.0. The van der Waals surface area contributed by atoms with Gasteiger partial charge in [-0.05, 0) is 37.0 Å². The van der Waals surface area contributed by atoms with Crippen LogP contribution in [0.25, 0.3) is 0 Å². The van der Waals surface area contributed by atoms with Gasteiger partial charge in [0.2, 0.25) is 11.8 Å². The summed E-state index contributed by atoms with van der Waals surface area (Å²) in [5.41, 5.74) is 0.962. The number of nitrogens with one attached hydrogen (secondary N) is 2. The zero-order valence-corrected chi connectivity index (χ0v) is 16.0. The predicted molar refractivity (Wildman–Crippen MR) is 99.5 cm³/mol. The molecule has 3 unspecified atom stereocenters. The van der Waals surface area contributed by atoms with E-state index in [9.17, 15) is 14.0 Å². The highest BCUT2D eigenvalue weighted by Crippen LogP contribution is 2.33. The van der Waals surface area contributed by atoms with Crippen molar-refractivity contribution >= 4 is 26.7 Å². The molecule has 0 aliphatic heterocycles. The predicted octanol–water partition coefficient (Wildman–Crippen LogP) is 3.83. The average molecular weight is 354 g/mol. The molecule has 0 aliphatic carbocycles. The third-order valence-corrected chi connectivity index (χ3v) is 4.57. The molecule has 134 valence electrons.